The Morgan fingerprint density at radius 2 is 2.08 bits per heavy atom. The lowest BCUT2D eigenvalue weighted by Gasteiger charge is -2.31. The summed E-state index contributed by atoms with van der Waals surface area (Å²) in [6, 6.07) is 3.25. The predicted octanol–water partition coefficient (Wildman–Crippen LogP) is 1.73. The molecule has 0 unspecified atom stereocenters. The number of oxazole rings is 1. The first kappa shape index (κ1) is 18.3. The molecule has 1 aliphatic rings. The minimum atomic E-state index is -0.201. The Bertz CT molecular complexity index is 716. The number of aryl methyl sites for hydroxylation is 2. The molecule has 3 heterocycles. The van der Waals surface area contributed by atoms with Crippen molar-refractivity contribution in [3.8, 4) is 5.88 Å². The Morgan fingerprint density at radius 3 is 2.65 bits per heavy atom. The Kier molecular flexibility index (Phi) is 5.82. The van der Waals surface area contributed by atoms with Gasteiger partial charge in [0.15, 0.2) is 5.69 Å². The first-order valence-corrected chi connectivity index (χ1v) is 8.86. The van der Waals surface area contributed by atoms with Crippen molar-refractivity contribution in [1.29, 1.82) is 0 Å². The molecule has 1 saturated heterocycles. The van der Waals surface area contributed by atoms with Crippen molar-refractivity contribution in [3.05, 3.63) is 35.2 Å². The molecule has 0 aromatic carbocycles. The average Bonchev–Trinajstić information content (AvgIpc) is 2.98. The molecule has 0 atom stereocenters. The van der Waals surface area contributed by atoms with Gasteiger partial charge in [-0.2, -0.15) is 0 Å². The molecule has 1 amide bonds. The minimum absolute atomic E-state index is 0.201. The second kappa shape index (κ2) is 8.27. The van der Waals surface area contributed by atoms with E-state index in [1.54, 1.807) is 12.1 Å². The van der Waals surface area contributed by atoms with E-state index in [0.29, 0.717) is 24.0 Å². The maximum absolute atomic E-state index is 12.1. The standard InChI is InChI=1S/C18H25N5O3/c1-12-13(2)26-17(20-12)11-23-8-6-14(7-9-23)10-19-18(24)15-4-5-16(25-3)22-21-15/h4-5,14H,6-11H2,1-3H3,(H,19,24). The second-order valence-electron chi connectivity index (χ2n) is 6.64. The SMILES string of the molecule is COc1ccc(C(=O)NCC2CCN(Cc3nc(C)c(C)o3)CC2)nn1. The van der Waals surface area contributed by atoms with Crippen LogP contribution in [0.5, 0.6) is 5.88 Å². The first-order chi connectivity index (χ1) is 12.5. The van der Waals surface area contributed by atoms with Crippen LogP contribution in [0.2, 0.25) is 0 Å². The molecular weight excluding hydrogens is 334 g/mol. The molecule has 0 aliphatic carbocycles. The Labute approximate surface area is 153 Å². The molecule has 1 N–H and O–H groups in total. The summed E-state index contributed by atoms with van der Waals surface area (Å²) in [5, 5.41) is 10.6. The van der Waals surface area contributed by atoms with Gasteiger partial charge in [0.25, 0.3) is 5.91 Å². The van der Waals surface area contributed by atoms with Crippen LogP contribution in [-0.2, 0) is 6.54 Å². The van der Waals surface area contributed by atoms with Gasteiger partial charge in [-0.15, -0.1) is 10.2 Å². The van der Waals surface area contributed by atoms with Crippen molar-refractivity contribution in [2.45, 2.75) is 33.2 Å². The number of amides is 1. The van der Waals surface area contributed by atoms with E-state index in [2.05, 4.69) is 25.4 Å². The highest BCUT2D eigenvalue weighted by atomic mass is 16.5. The molecule has 0 radical (unpaired) electrons. The molecule has 1 fully saturated rings. The van der Waals surface area contributed by atoms with Crippen LogP contribution in [0.15, 0.2) is 16.5 Å². The molecule has 8 heteroatoms. The topological polar surface area (TPSA) is 93.4 Å². The van der Waals surface area contributed by atoms with Gasteiger partial charge in [-0.25, -0.2) is 4.98 Å². The van der Waals surface area contributed by atoms with E-state index in [-0.39, 0.29) is 5.91 Å². The van der Waals surface area contributed by atoms with Crippen LogP contribution in [0.25, 0.3) is 0 Å². The molecule has 0 bridgehead atoms. The average molecular weight is 359 g/mol. The molecule has 2 aromatic rings. The third-order valence-electron chi connectivity index (χ3n) is 4.77. The largest absolute Gasteiger partial charge is 0.480 e. The van der Waals surface area contributed by atoms with Crippen molar-refractivity contribution in [3.63, 3.8) is 0 Å². The quantitative estimate of drug-likeness (QED) is 0.839. The van der Waals surface area contributed by atoms with Crippen molar-refractivity contribution >= 4 is 5.91 Å². The number of methoxy groups -OCH3 is 1. The molecule has 0 spiro atoms. The smallest absolute Gasteiger partial charge is 0.271 e. The van der Waals surface area contributed by atoms with Gasteiger partial charge >= 0.3 is 0 Å². The zero-order valence-corrected chi connectivity index (χ0v) is 15.5. The summed E-state index contributed by atoms with van der Waals surface area (Å²) in [6.07, 6.45) is 2.07. The van der Waals surface area contributed by atoms with E-state index in [1.165, 1.54) is 7.11 Å². The Balaban J connectivity index is 1.41. The number of carbonyl (C=O) groups is 1. The highest BCUT2D eigenvalue weighted by Gasteiger charge is 2.21. The summed E-state index contributed by atoms with van der Waals surface area (Å²) in [5.41, 5.74) is 1.26. The van der Waals surface area contributed by atoms with E-state index < -0.39 is 0 Å². The molecule has 140 valence electrons. The fourth-order valence-electron chi connectivity index (χ4n) is 3.02. The van der Waals surface area contributed by atoms with Crippen molar-refractivity contribution in [2.75, 3.05) is 26.7 Å². The third kappa shape index (κ3) is 4.57. The summed E-state index contributed by atoms with van der Waals surface area (Å²) in [4.78, 5) is 18.9. The number of ether oxygens (including phenoxy) is 1. The van der Waals surface area contributed by atoms with Crippen molar-refractivity contribution in [1.82, 2.24) is 25.4 Å². The lowest BCUT2D eigenvalue weighted by molar-refractivity contribution is 0.0927. The first-order valence-electron chi connectivity index (χ1n) is 8.86. The number of hydrogen-bond donors (Lipinski definition) is 1. The van der Waals surface area contributed by atoms with E-state index in [9.17, 15) is 4.79 Å². The number of aromatic nitrogens is 3. The van der Waals surface area contributed by atoms with E-state index in [4.69, 9.17) is 9.15 Å². The summed E-state index contributed by atoms with van der Waals surface area (Å²) in [5.74, 6) is 2.33. The fourth-order valence-corrected chi connectivity index (χ4v) is 3.02. The lowest BCUT2D eigenvalue weighted by Crippen LogP contribution is -2.38. The van der Waals surface area contributed by atoms with E-state index in [0.717, 1.165) is 49.8 Å². The van der Waals surface area contributed by atoms with E-state index >= 15 is 0 Å². The molecule has 0 saturated carbocycles. The number of nitrogens with one attached hydrogen (secondary N) is 1. The fraction of sp³-hybridized carbons (Fsp3) is 0.556. The number of nitrogens with zero attached hydrogens (tertiary/aromatic N) is 4. The summed E-state index contributed by atoms with van der Waals surface area (Å²) in [6.45, 7) is 7.25. The van der Waals surface area contributed by atoms with Crippen LogP contribution in [0.1, 0.15) is 40.7 Å². The van der Waals surface area contributed by atoms with Gasteiger partial charge in [0.1, 0.15) is 5.76 Å². The molecular formula is C18H25N5O3. The Morgan fingerprint density at radius 1 is 1.31 bits per heavy atom. The normalized spacial score (nSPS) is 15.8. The highest BCUT2D eigenvalue weighted by Crippen LogP contribution is 2.19. The second-order valence-corrected chi connectivity index (χ2v) is 6.64. The van der Waals surface area contributed by atoms with Crippen LogP contribution >= 0.6 is 0 Å². The van der Waals surface area contributed by atoms with Crippen LogP contribution in [0.4, 0.5) is 0 Å². The maximum Gasteiger partial charge on any atom is 0.271 e. The molecule has 3 rings (SSSR count). The number of piperidine rings is 1. The summed E-state index contributed by atoms with van der Waals surface area (Å²) < 4.78 is 10.6. The number of likely N-dealkylation sites (tertiary alicyclic amines) is 1. The summed E-state index contributed by atoms with van der Waals surface area (Å²) in [7, 11) is 1.51. The van der Waals surface area contributed by atoms with Gasteiger partial charge in [-0.05, 0) is 51.8 Å². The Hall–Kier alpha value is -2.48. The van der Waals surface area contributed by atoms with Gasteiger partial charge in [-0.3, -0.25) is 9.69 Å². The van der Waals surface area contributed by atoms with Crippen molar-refractivity contribution < 1.29 is 13.9 Å². The number of hydrogen-bond acceptors (Lipinski definition) is 7. The third-order valence-corrected chi connectivity index (χ3v) is 4.77. The minimum Gasteiger partial charge on any atom is -0.480 e. The monoisotopic (exact) mass is 359 g/mol. The zero-order chi connectivity index (χ0) is 18.5. The maximum atomic E-state index is 12.1. The van der Waals surface area contributed by atoms with Crippen molar-refractivity contribution in [2.24, 2.45) is 5.92 Å². The highest BCUT2D eigenvalue weighted by molar-refractivity contribution is 5.92. The van der Waals surface area contributed by atoms with Crippen LogP contribution in [-0.4, -0.2) is 52.7 Å². The number of rotatable bonds is 6. The van der Waals surface area contributed by atoms with Gasteiger partial charge in [0, 0.05) is 12.6 Å². The molecule has 26 heavy (non-hydrogen) atoms. The molecule has 1 aliphatic heterocycles. The lowest BCUT2D eigenvalue weighted by atomic mass is 9.97. The van der Waals surface area contributed by atoms with Gasteiger partial charge in [-0.1, -0.05) is 0 Å². The predicted molar refractivity (Wildman–Crippen MR) is 94.9 cm³/mol. The van der Waals surface area contributed by atoms with Gasteiger partial charge in [0.05, 0.1) is 19.3 Å². The zero-order valence-electron chi connectivity index (χ0n) is 15.5. The van der Waals surface area contributed by atoms with E-state index in [1.807, 2.05) is 13.8 Å². The number of carbonyl (C=O) groups excluding carboxylic acids is 1. The van der Waals surface area contributed by atoms with Crippen LogP contribution in [0.3, 0.4) is 0 Å². The van der Waals surface area contributed by atoms with Gasteiger partial charge < -0.3 is 14.5 Å². The van der Waals surface area contributed by atoms with Crippen LogP contribution < -0.4 is 10.1 Å². The molecule has 2 aromatic heterocycles. The molecule has 8 nitrogen and oxygen atoms in total. The van der Waals surface area contributed by atoms with Gasteiger partial charge in [0.2, 0.25) is 11.8 Å². The summed E-state index contributed by atoms with van der Waals surface area (Å²) >= 11 is 0. The van der Waals surface area contributed by atoms with Crippen LogP contribution in [0, 0.1) is 19.8 Å².